The van der Waals surface area contributed by atoms with Crippen molar-refractivity contribution in [3.8, 4) is 38.7 Å². The first kappa shape index (κ1) is 15.2. The number of aromatic nitrogens is 2. The molecule has 0 fully saturated rings. The molecule has 2 aromatic carbocycles. The third kappa shape index (κ3) is 2.32. The Morgan fingerprint density at radius 2 is 1.92 bits per heavy atom. The number of methoxy groups -OCH3 is 1. The molecule has 0 amide bonds. The molecule has 2 aromatic heterocycles. The molecule has 2 heterocycles. The minimum atomic E-state index is 0.792. The SMILES string of the molecule is COc1ccc(-c2n[nH]c3c2Cc2sc(-c4cccc(N)c4)cc2-3)cc1. The highest BCUT2D eigenvalue weighted by Gasteiger charge is 2.27. The lowest BCUT2D eigenvalue weighted by Gasteiger charge is -2.03. The van der Waals surface area contributed by atoms with Crippen molar-refractivity contribution in [2.24, 2.45) is 0 Å². The fourth-order valence-electron chi connectivity index (χ4n) is 3.51. The molecule has 0 spiro atoms. The van der Waals surface area contributed by atoms with Crippen molar-refractivity contribution >= 4 is 17.0 Å². The van der Waals surface area contributed by atoms with E-state index in [-0.39, 0.29) is 0 Å². The second-order valence-corrected chi connectivity index (χ2v) is 7.54. The fraction of sp³-hybridized carbons (Fsp3) is 0.0952. The van der Waals surface area contributed by atoms with Crippen molar-refractivity contribution in [3.05, 3.63) is 65.0 Å². The number of benzene rings is 2. The van der Waals surface area contributed by atoms with Crippen molar-refractivity contribution in [2.75, 3.05) is 12.8 Å². The largest absolute Gasteiger partial charge is 0.497 e. The van der Waals surface area contributed by atoms with Gasteiger partial charge >= 0.3 is 0 Å². The second kappa shape index (κ2) is 5.75. The van der Waals surface area contributed by atoms with E-state index >= 15 is 0 Å². The Kier molecular flexibility index (Phi) is 3.36. The van der Waals surface area contributed by atoms with Crippen LogP contribution in [0.4, 0.5) is 5.69 Å². The lowest BCUT2D eigenvalue weighted by Crippen LogP contribution is -1.86. The normalized spacial score (nSPS) is 12.0. The summed E-state index contributed by atoms with van der Waals surface area (Å²) in [5, 5.41) is 7.82. The molecular weight excluding hydrogens is 342 g/mol. The third-order valence-electron chi connectivity index (χ3n) is 4.82. The number of hydrogen-bond donors (Lipinski definition) is 2. The topological polar surface area (TPSA) is 63.9 Å². The monoisotopic (exact) mass is 359 g/mol. The number of ether oxygens (including phenoxy) is 1. The molecule has 128 valence electrons. The molecule has 0 radical (unpaired) electrons. The smallest absolute Gasteiger partial charge is 0.118 e. The molecule has 1 aliphatic rings. The van der Waals surface area contributed by atoms with Gasteiger partial charge in [0, 0.05) is 38.6 Å². The van der Waals surface area contributed by atoms with Gasteiger partial charge in [-0.3, -0.25) is 5.10 Å². The maximum Gasteiger partial charge on any atom is 0.118 e. The van der Waals surface area contributed by atoms with E-state index in [0.29, 0.717) is 0 Å². The number of aromatic amines is 1. The highest BCUT2D eigenvalue weighted by Crippen LogP contribution is 2.46. The molecule has 0 bridgehead atoms. The summed E-state index contributed by atoms with van der Waals surface area (Å²) in [6.07, 6.45) is 0.912. The van der Waals surface area contributed by atoms with Gasteiger partial charge in [-0.05, 0) is 48.0 Å². The molecule has 26 heavy (non-hydrogen) atoms. The van der Waals surface area contributed by atoms with Crippen LogP contribution in [0.2, 0.25) is 0 Å². The van der Waals surface area contributed by atoms with Crippen molar-refractivity contribution in [1.29, 1.82) is 0 Å². The number of nitrogens with two attached hydrogens (primary N) is 1. The lowest BCUT2D eigenvalue weighted by atomic mass is 10.1. The van der Waals surface area contributed by atoms with E-state index in [2.05, 4.69) is 34.5 Å². The summed E-state index contributed by atoms with van der Waals surface area (Å²) < 4.78 is 5.25. The number of anilines is 1. The van der Waals surface area contributed by atoms with Crippen LogP contribution in [0.25, 0.3) is 33.0 Å². The van der Waals surface area contributed by atoms with E-state index in [4.69, 9.17) is 10.5 Å². The Hall–Kier alpha value is -3.05. The number of fused-ring (bicyclic) bond motifs is 3. The first-order valence-corrected chi connectivity index (χ1v) is 9.25. The van der Waals surface area contributed by atoms with Crippen molar-refractivity contribution in [3.63, 3.8) is 0 Å². The summed E-state index contributed by atoms with van der Waals surface area (Å²) in [7, 11) is 1.68. The predicted octanol–water partition coefficient (Wildman–Crippen LogP) is 4.97. The van der Waals surface area contributed by atoms with Gasteiger partial charge in [-0.15, -0.1) is 11.3 Å². The summed E-state index contributed by atoms with van der Waals surface area (Å²) >= 11 is 1.83. The number of nitrogen functional groups attached to an aromatic ring is 1. The fourth-order valence-corrected chi connectivity index (χ4v) is 4.69. The van der Waals surface area contributed by atoms with Crippen molar-refractivity contribution < 1.29 is 4.74 Å². The number of rotatable bonds is 3. The van der Waals surface area contributed by atoms with Crippen LogP contribution in [0.15, 0.2) is 54.6 Å². The molecule has 5 heteroatoms. The molecule has 0 saturated carbocycles. The number of thiophene rings is 1. The summed E-state index contributed by atoms with van der Waals surface area (Å²) in [5.41, 5.74) is 13.7. The van der Waals surface area contributed by atoms with Crippen LogP contribution in [0, 0.1) is 0 Å². The van der Waals surface area contributed by atoms with Gasteiger partial charge in [-0.25, -0.2) is 0 Å². The minimum Gasteiger partial charge on any atom is -0.497 e. The maximum atomic E-state index is 5.93. The van der Waals surface area contributed by atoms with Gasteiger partial charge in [0.05, 0.1) is 18.5 Å². The van der Waals surface area contributed by atoms with Crippen LogP contribution >= 0.6 is 11.3 Å². The Morgan fingerprint density at radius 3 is 2.69 bits per heavy atom. The number of hydrogen-bond acceptors (Lipinski definition) is 4. The minimum absolute atomic E-state index is 0.792. The Morgan fingerprint density at radius 1 is 1.08 bits per heavy atom. The molecule has 0 unspecified atom stereocenters. The van der Waals surface area contributed by atoms with E-state index in [0.717, 1.165) is 34.8 Å². The first-order chi connectivity index (χ1) is 12.7. The van der Waals surface area contributed by atoms with Gasteiger partial charge < -0.3 is 10.5 Å². The average molecular weight is 359 g/mol. The zero-order chi connectivity index (χ0) is 17.7. The van der Waals surface area contributed by atoms with Crippen molar-refractivity contribution in [2.45, 2.75) is 6.42 Å². The van der Waals surface area contributed by atoms with E-state index in [9.17, 15) is 0 Å². The molecular formula is C21H17N3OS. The van der Waals surface area contributed by atoms with Gasteiger partial charge in [-0.2, -0.15) is 5.10 Å². The van der Waals surface area contributed by atoms with E-state index in [1.807, 2.05) is 41.7 Å². The summed E-state index contributed by atoms with van der Waals surface area (Å²) in [6, 6.07) is 18.3. The second-order valence-electron chi connectivity index (χ2n) is 6.40. The van der Waals surface area contributed by atoms with E-state index in [1.165, 1.54) is 26.4 Å². The third-order valence-corrected chi connectivity index (χ3v) is 6.00. The predicted molar refractivity (Wildman–Crippen MR) is 107 cm³/mol. The molecule has 0 atom stereocenters. The molecule has 3 N–H and O–H groups in total. The quantitative estimate of drug-likeness (QED) is 0.447. The molecule has 4 aromatic rings. The van der Waals surface area contributed by atoms with Gasteiger partial charge in [0.15, 0.2) is 0 Å². The highest BCUT2D eigenvalue weighted by molar-refractivity contribution is 7.16. The average Bonchev–Trinajstić information content (AvgIpc) is 3.33. The van der Waals surface area contributed by atoms with E-state index in [1.54, 1.807) is 7.11 Å². The maximum absolute atomic E-state index is 5.93. The summed E-state index contributed by atoms with van der Waals surface area (Å²) in [5.74, 6) is 0.854. The van der Waals surface area contributed by atoms with E-state index < -0.39 is 0 Å². The van der Waals surface area contributed by atoms with Crippen LogP contribution in [0.3, 0.4) is 0 Å². The molecule has 5 rings (SSSR count). The first-order valence-electron chi connectivity index (χ1n) is 8.43. The van der Waals surface area contributed by atoms with Crippen LogP contribution in [0.1, 0.15) is 10.4 Å². The van der Waals surface area contributed by atoms with Crippen LogP contribution < -0.4 is 10.5 Å². The zero-order valence-electron chi connectivity index (χ0n) is 14.2. The van der Waals surface area contributed by atoms with Crippen LogP contribution in [-0.4, -0.2) is 17.3 Å². The standard InChI is InChI=1S/C21H17N3OS/c1-25-15-7-5-12(6-8-15)20-17-11-19-16(21(17)24-23-20)10-18(26-19)13-3-2-4-14(22)9-13/h2-10H,11,22H2,1H3,(H,23,24). The molecule has 0 aliphatic heterocycles. The van der Waals surface area contributed by atoms with Crippen molar-refractivity contribution in [1.82, 2.24) is 10.2 Å². The number of nitrogens with one attached hydrogen (secondary N) is 1. The van der Waals surface area contributed by atoms with Crippen LogP contribution in [0.5, 0.6) is 5.75 Å². The zero-order valence-corrected chi connectivity index (χ0v) is 15.1. The Labute approximate surface area is 155 Å². The Balaban J connectivity index is 1.53. The van der Waals surface area contributed by atoms with Crippen LogP contribution in [-0.2, 0) is 6.42 Å². The van der Waals surface area contributed by atoms with Gasteiger partial charge in [0.25, 0.3) is 0 Å². The summed E-state index contributed by atoms with van der Waals surface area (Å²) in [6.45, 7) is 0. The number of H-pyrrole nitrogens is 1. The number of nitrogens with zero attached hydrogens (tertiary/aromatic N) is 1. The summed E-state index contributed by atoms with van der Waals surface area (Å²) in [4.78, 5) is 2.62. The van der Waals surface area contributed by atoms with Gasteiger partial charge in [0.1, 0.15) is 5.75 Å². The van der Waals surface area contributed by atoms with Gasteiger partial charge in [-0.1, -0.05) is 12.1 Å². The molecule has 0 saturated heterocycles. The molecule has 1 aliphatic carbocycles. The highest BCUT2D eigenvalue weighted by atomic mass is 32.1. The molecule has 4 nitrogen and oxygen atoms in total. The van der Waals surface area contributed by atoms with Gasteiger partial charge in [0.2, 0.25) is 0 Å². The lowest BCUT2D eigenvalue weighted by molar-refractivity contribution is 0.415. The Bertz CT molecular complexity index is 1110.